The molecule has 1 aliphatic rings. The van der Waals surface area contributed by atoms with Crippen molar-refractivity contribution in [2.24, 2.45) is 5.92 Å². The monoisotopic (exact) mass is 271 g/mol. The highest BCUT2D eigenvalue weighted by Crippen LogP contribution is 2.20. The molecule has 0 radical (unpaired) electrons. The zero-order valence-corrected chi connectivity index (χ0v) is 12.6. The summed E-state index contributed by atoms with van der Waals surface area (Å²) in [5.41, 5.74) is 1.13. The summed E-state index contributed by atoms with van der Waals surface area (Å²) in [5.74, 6) is 0.763. The van der Waals surface area contributed by atoms with Gasteiger partial charge in [-0.2, -0.15) is 5.26 Å². The number of hydrogen-bond acceptors (Lipinski definition) is 3. The van der Waals surface area contributed by atoms with Crippen LogP contribution in [0, 0.1) is 17.2 Å². The smallest absolute Gasteiger partial charge is 0.0839 e. The van der Waals surface area contributed by atoms with Crippen molar-refractivity contribution < 1.29 is 0 Å². The van der Waals surface area contributed by atoms with Gasteiger partial charge in [0.05, 0.1) is 12.0 Å². The molecule has 0 saturated carbocycles. The quantitative estimate of drug-likeness (QED) is 0.824. The van der Waals surface area contributed by atoms with Crippen molar-refractivity contribution >= 4 is 0 Å². The minimum absolute atomic E-state index is 0.0209. The van der Waals surface area contributed by atoms with Crippen molar-refractivity contribution in [3.63, 3.8) is 0 Å². The third-order valence-electron chi connectivity index (χ3n) is 4.26. The molecule has 1 saturated heterocycles. The van der Waals surface area contributed by atoms with Gasteiger partial charge in [-0.1, -0.05) is 30.3 Å². The van der Waals surface area contributed by atoms with Crippen molar-refractivity contribution in [2.75, 3.05) is 40.3 Å². The van der Waals surface area contributed by atoms with Crippen LogP contribution in [0.5, 0.6) is 0 Å². The molecular formula is C17H25N3. The molecule has 2 rings (SSSR count). The third kappa shape index (κ3) is 4.33. The lowest BCUT2D eigenvalue weighted by molar-refractivity contribution is 0.175. The second-order valence-electron chi connectivity index (χ2n) is 6.06. The molecule has 0 spiro atoms. The first-order valence-electron chi connectivity index (χ1n) is 7.50. The average Bonchev–Trinajstić information content (AvgIpc) is 2.48. The van der Waals surface area contributed by atoms with E-state index in [1.165, 1.54) is 25.9 Å². The number of likely N-dealkylation sites (N-methyl/N-ethyl adjacent to an activating group) is 1. The zero-order chi connectivity index (χ0) is 14.4. The maximum absolute atomic E-state index is 9.39. The molecule has 1 aromatic rings. The van der Waals surface area contributed by atoms with E-state index in [1.54, 1.807) is 0 Å². The van der Waals surface area contributed by atoms with Gasteiger partial charge >= 0.3 is 0 Å². The van der Waals surface area contributed by atoms with Crippen LogP contribution in [0.2, 0.25) is 0 Å². The van der Waals surface area contributed by atoms with E-state index in [-0.39, 0.29) is 5.92 Å². The van der Waals surface area contributed by atoms with Gasteiger partial charge in [0.25, 0.3) is 0 Å². The van der Waals surface area contributed by atoms with Gasteiger partial charge in [0, 0.05) is 13.1 Å². The van der Waals surface area contributed by atoms with Crippen LogP contribution in [-0.2, 0) is 0 Å². The standard InChI is InChI=1S/C17H25N3/c1-19-10-8-15(9-11-19)13-20(2)14-17(12-18)16-6-4-3-5-7-16/h3-7,15,17H,8-11,13-14H2,1-2H3. The van der Waals surface area contributed by atoms with Crippen LogP contribution < -0.4 is 0 Å². The molecule has 1 atom stereocenters. The second kappa shape index (κ2) is 7.42. The van der Waals surface area contributed by atoms with E-state index in [2.05, 4.69) is 42.1 Å². The second-order valence-corrected chi connectivity index (χ2v) is 6.06. The molecule has 0 amide bonds. The molecule has 0 aliphatic carbocycles. The first kappa shape index (κ1) is 15.0. The van der Waals surface area contributed by atoms with Gasteiger partial charge in [-0.25, -0.2) is 0 Å². The minimum Gasteiger partial charge on any atom is -0.306 e. The lowest BCUT2D eigenvalue weighted by Gasteiger charge is -2.32. The molecule has 1 aromatic carbocycles. The SMILES string of the molecule is CN1CCC(CN(C)CC(C#N)c2ccccc2)CC1. The fraction of sp³-hybridized carbons (Fsp3) is 0.588. The molecule has 0 aromatic heterocycles. The molecule has 1 aliphatic heterocycles. The van der Waals surface area contributed by atoms with E-state index in [9.17, 15) is 5.26 Å². The number of nitriles is 1. The maximum Gasteiger partial charge on any atom is 0.0839 e. The maximum atomic E-state index is 9.39. The molecule has 3 heteroatoms. The van der Waals surface area contributed by atoms with Crippen molar-refractivity contribution in [1.82, 2.24) is 9.80 Å². The first-order chi connectivity index (χ1) is 9.69. The molecule has 1 unspecified atom stereocenters. The Hall–Kier alpha value is -1.37. The Kier molecular flexibility index (Phi) is 5.58. The molecule has 0 N–H and O–H groups in total. The largest absolute Gasteiger partial charge is 0.306 e. The number of nitrogens with zero attached hydrogens (tertiary/aromatic N) is 3. The number of likely N-dealkylation sites (tertiary alicyclic amines) is 1. The summed E-state index contributed by atoms with van der Waals surface area (Å²) in [6, 6.07) is 12.6. The summed E-state index contributed by atoms with van der Waals surface area (Å²) < 4.78 is 0. The Balaban J connectivity index is 1.84. The topological polar surface area (TPSA) is 30.3 Å². The predicted molar refractivity (Wildman–Crippen MR) is 82.5 cm³/mol. The van der Waals surface area contributed by atoms with Gasteiger partial charge in [-0.05, 0) is 51.5 Å². The highest BCUT2D eigenvalue weighted by Gasteiger charge is 2.20. The van der Waals surface area contributed by atoms with E-state index in [4.69, 9.17) is 0 Å². The Morgan fingerprint density at radius 2 is 1.95 bits per heavy atom. The number of hydrogen-bond donors (Lipinski definition) is 0. The fourth-order valence-electron chi connectivity index (χ4n) is 2.98. The van der Waals surface area contributed by atoms with Crippen molar-refractivity contribution in [3.8, 4) is 6.07 Å². The van der Waals surface area contributed by atoms with Crippen LogP contribution in [0.15, 0.2) is 30.3 Å². The van der Waals surface area contributed by atoms with Crippen LogP contribution >= 0.6 is 0 Å². The van der Waals surface area contributed by atoms with Gasteiger partial charge in [0.2, 0.25) is 0 Å². The normalized spacial score (nSPS) is 18.9. The summed E-state index contributed by atoms with van der Waals surface area (Å²) in [5, 5.41) is 9.39. The molecule has 1 heterocycles. The van der Waals surface area contributed by atoms with Gasteiger partial charge in [0.15, 0.2) is 0 Å². The average molecular weight is 271 g/mol. The van der Waals surface area contributed by atoms with Crippen LogP contribution in [0.25, 0.3) is 0 Å². The lowest BCUT2D eigenvalue weighted by Crippen LogP contribution is -2.36. The highest BCUT2D eigenvalue weighted by atomic mass is 15.1. The van der Waals surface area contributed by atoms with E-state index in [0.717, 1.165) is 24.6 Å². The number of benzene rings is 1. The molecular weight excluding hydrogens is 246 g/mol. The summed E-state index contributed by atoms with van der Waals surface area (Å²) >= 11 is 0. The summed E-state index contributed by atoms with van der Waals surface area (Å²) in [6.45, 7) is 4.35. The van der Waals surface area contributed by atoms with E-state index in [0.29, 0.717) is 0 Å². The molecule has 20 heavy (non-hydrogen) atoms. The summed E-state index contributed by atoms with van der Waals surface area (Å²) in [7, 11) is 4.34. The van der Waals surface area contributed by atoms with Gasteiger partial charge in [-0.3, -0.25) is 0 Å². The highest BCUT2D eigenvalue weighted by molar-refractivity contribution is 5.25. The Bertz CT molecular complexity index is 429. The Labute approximate surface area is 122 Å². The Morgan fingerprint density at radius 3 is 2.55 bits per heavy atom. The fourth-order valence-corrected chi connectivity index (χ4v) is 2.98. The van der Waals surface area contributed by atoms with Crippen molar-refractivity contribution in [2.45, 2.75) is 18.8 Å². The van der Waals surface area contributed by atoms with Crippen LogP contribution in [-0.4, -0.2) is 50.1 Å². The number of rotatable bonds is 5. The lowest BCUT2D eigenvalue weighted by atomic mass is 9.95. The minimum atomic E-state index is -0.0209. The van der Waals surface area contributed by atoms with Crippen molar-refractivity contribution in [1.29, 1.82) is 5.26 Å². The number of piperidine rings is 1. The third-order valence-corrected chi connectivity index (χ3v) is 4.26. The Morgan fingerprint density at radius 1 is 1.30 bits per heavy atom. The van der Waals surface area contributed by atoms with Gasteiger partial charge < -0.3 is 9.80 Å². The van der Waals surface area contributed by atoms with Gasteiger partial charge in [-0.15, -0.1) is 0 Å². The van der Waals surface area contributed by atoms with Crippen LogP contribution in [0.1, 0.15) is 24.3 Å². The van der Waals surface area contributed by atoms with E-state index >= 15 is 0 Å². The van der Waals surface area contributed by atoms with Crippen LogP contribution in [0.4, 0.5) is 0 Å². The molecule has 108 valence electrons. The molecule has 0 bridgehead atoms. The van der Waals surface area contributed by atoms with E-state index < -0.39 is 0 Å². The van der Waals surface area contributed by atoms with E-state index in [1.807, 2.05) is 18.2 Å². The van der Waals surface area contributed by atoms with Crippen molar-refractivity contribution in [3.05, 3.63) is 35.9 Å². The summed E-state index contributed by atoms with van der Waals surface area (Å²) in [6.07, 6.45) is 2.56. The summed E-state index contributed by atoms with van der Waals surface area (Å²) in [4.78, 5) is 4.73. The molecule has 1 fully saturated rings. The van der Waals surface area contributed by atoms with Crippen LogP contribution in [0.3, 0.4) is 0 Å². The first-order valence-corrected chi connectivity index (χ1v) is 7.50. The predicted octanol–water partition coefficient (Wildman–Crippen LogP) is 2.57. The zero-order valence-electron chi connectivity index (χ0n) is 12.6. The molecule has 3 nitrogen and oxygen atoms in total. The van der Waals surface area contributed by atoms with Gasteiger partial charge in [0.1, 0.15) is 0 Å².